The van der Waals surface area contributed by atoms with E-state index in [9.17, 15) is 0 Å². The van der Waals surface area contributed by atoms with E-state index in [4.69, 9.17) is 0 Å². The number of pyridine rings is 1. The Bertz CT molecular complexity index is 298. The standard InChI is InChI=1S/C12H19N3.ClH/c1-10(12-5-3-4-7-14-12)15(2)11-6-8-13-9-11;/h3-5,7,10-11,13H,6,8-9H2,1-2H3;1H. The molecule has 90 valence electrons. The molecule has 1 aliphatic heterocycles. The Kier molecular flexibility index (Phi) is 5.19. The Hall–Kier alpha value is -0.640. The van der Waals surface area contributed by atoms with Crippen molar-refractivity contribution in [2.45, 2.75) is 25.4 Å². The van der Waals surface area contributed by atoms with Crippen molar-refractivity contribution in [2.75, 3.05) is 20.1 Å². The van der Waals surface area contributed by atoms with Crippen LogP contribution >= 0.6 is 12.4 Å². The Morgan fingerprint density at radius 3 is 2.88 bits per heavy atom. The van der Waals surface area contributed by atoms with Crippen LogP contribution in [-0.2, 0) is 0 Å². The van der Waals surface area contributed by atoms with Gasteiger partial charge >= 0.3 is 0 Å². The second-order valence-corrected chi connectivity index (χ2v) is 4.24. The smallest absolute Gasteiger partial charge is 0.0572 e. The molecular weight excluding hydrogens is 222 g/mol. The van der Waals surface area contributed by atoms with Gasteiger partial charge in [-0.3, -0.25) is 9.88 Å². The summed E-state index contributed by atoms with van der Waals surface area (Å²) in [6.45, 7) is 4.47. The predicted octanol–water partition coefficient (Wildman–Crippen LogP) is 1.86. The first kappa shape index (κ1) is 13.4. The first-order chi connectivity index (χ1) is 7.29. The van der Waals surface area contributed by atoms with Gasteiger partial charge in [0.05, 0.1) is 5.69 Å². The molecule has 0 bridgehead atoms. The maximum Gasteiger partial charge on any atom is 0.0572 e. The van der Waals surface area contributed by atoms with Gasteiger partial charge < -0.3 is 5.32 Å². The predicted molar refractivity (Wildman–Crippen MR) is 68.9 cm³/mol. The summed E-state index contributed by atoms with van der Waals surface area (Å²) in [6.07, 6.45) is 3.11. The molecular formula is C12H20ClN3. The summed E-state index contributed by atoms with van der Waals surface area (Å²) in [4.78, 5) is 6.83. The van der Waals surface area contributed by atoms with E-state index in [1.165, 1.54) is 6.42 Å². The number of nitrogens with zero attached hydrogens (tertiary/aromatic N) is 2. The van der Waals surface area contributed by atoms with E-state index in [-0.39, 0.29) is 12.4 Å². The van der Waals surface area contributed by atoms with Crippen LogP contribution < -0.4 is 5.32 Å². The molecule has 2 rings (SSSR count). The molecule has 2 unspecified atom stereocenters. The van der Waals surface area contributed by atoms with Crippen LogP contribution in [0.25, 0.3) is 0 Å². The van der Waals surface area contributed by atoms with Gasteiger partial charge in [0, 0.05) is 24.8 Å². The van der Waals surface area contributed by atoms with Gasteiger partial charge in [-0.05, 0) is 39.1 Å². The summed E-state index contributed by atoms with van der Waals surface area (Å²) < 4.78 is 0. The Morgan fingerprint density at radius 1 is 1.50 bits per heavy atom. The number of nitrogens with one attached hydrogen (secondary N) is 1. The normalized spacial score (nSPS) is 21.8. The zero-order chi connectivity index (χ0) is 10.7. The van der Waals surface area contributed by atoms with Gasteiger partial charge in [0.2, 0.25) is 0 Å². The highest BCUT2D eigenvalue weighted by atomic mass is 35.5. The molecule has 3 nitrogen and oxygen atoms in total. The van der Waals surface area contributed by atoms with Crippen LogP contribution in [0.5, 0.6) is 0 Å². The Morgan fingerprint density at radius 2 is 2.31 bits per heavy atom. The van der Waals surface area contributed by atoms with Crippen molar-refractivity contribution in [1.82, 2.24) is 15.2 Å². The van der Waals surface area contributed by atoms with Crippen LogP contribution in [0.2, 0.25) is 0 Å². The maximum atomic E-state index is 4.41. The van der Waals surface area contributed by atoms with Gasteiger partial charge in [-0.15, -0.1) is 12.4 Å². The van der Waals surface area contributed by atoms with Gasteiger partial charge in [0.25, 0.3) is 0 Å². The number of hydrogen-bond acceptors (Lipinski definition) is 3. The van der Waals surface area contributed by atoms with E-state index < -0.39 is 0 Å². The number of likely N-dealkylation sites (N-methyl/N-ethyl adjacent to an activating group) is 1. The molecule has 1 fully saturated rings. The van der Waals surface area contributed by atoms with Gasteiger partial charge in [-0.2, -0.15) is 0 Å². The van der Waals surface area contributed by atoms with Gasteiger partial charge in [0.1, 0.15) is 0 Å². The number of aromatic nitrogens is 1. The molecule has 0 amide bonds. The fourth-order valence-corrected chi connectivity index (χ4v) is 2.13. The Balaban J connectivity index is 0.00000128. The topological polar surface area (TPSA) is 28.2 Å². The van der Waals surface area contributed by atoms with Crippen molar-refractivity contribution in [3.05, 3.63) is 30.1 Å². The van der Waals surface area contributed by atoms with Crippen LogP contribution in [0, 0.1) is 0 Å². The van der Waals surface area contributed by atoms with Crippen LogP contribution in [0.3, 0.4) is 0 Å². The molecule has 1 N–H and O–H groups in total. The van der Waals surface area contributed by atoms with E-state index in [0.29, 0.717) is 12.1 Å². The molecule has 1 saturated heterocycles. The van der Waals surface area contributed by atoms with E-state index in [0.717, 1.165) is 18.8 Å². The summed E-state index contributed by atoms with van der Waals surface area (Å²) in [7, 11) is 2.19. The SMILES string of the molecule is CC(c1ccccn1)N(C)C1CCNC1.Cl. The van der Waals surface area contributed by atoms with Crippen molar-refractivity contribution >= 4 is 12.4 Å². The molecule has 0 saturated carbocycles. The summed E-state index contributed by atoms with van der Waals surface area (Å²) >= 11 is 0. The average Bonchev–Trinajstić information content (AvgIpc) is 2.82. The minimum Gasteiger partial charge on any atom is -0.315 e. The van der Waals surface area contributed by atoms with Crippen molar-refractivity contribution in [2.24, 2.45) is 0 Å². The fraction of sp³-hybridized carbons (Fsp3) is 0.583. The van der Waals surface area contributed by atoms with Crippen molar-refractivity contribution in [3.63, 3.8) is 0 Å². The molecule has 0 spiro atoms. The molecule has 1 aliphatic rings. The third kappa shape index (κ3) is 2.94. The fourth-order valence-electron chi connectivity index (χ4n) is 2.13. The lowest BCUT2D eigenvalue weighted by Crippen LogP contribution is -2.35. The average molecular weight is 242 g/mol. The molecule has 0 aromatic carbocycles. The zero-order valence-electron chi connectivity index (χ0n) is 9.89. The zero-order valence-corrected chi connectivity index (χ0v) is 10.7. The molecule has 2 heterocycles. The summed E-state index contributed by atoms with van der Waals surface area (Å²) in [5.41, 5.74) is 1.16. The summed E-state index contributed by atoms with van der Waals surface area (Å²) in [5, 5.41) is 3.40. The van der Waals surface area contributed by atoms with E-state index >= 15 is 0 Å². The molecule has 0 radical (unpaired) electrons. The van der Waals surface area contributed by atoms with Gasteiger partial charge in [0.15, 0.2) is 0 Å². The molecule has 4 heteroatoms. The number of rotatable bonds is 3. The van der Waals surface area contributed by atoms with Crippen molar-refractivity contribution in [1.29, 1.82) is 0 Å². The third-order valence-electron chi connectivity index (χ3n) is 3.34. The van der Waals surface area contributed by atoms with E-state index in [1.54, 1.807) is 0 Å². The molecule has 0 aliphatic carbocycles. The highest BCUT2D eigenvalue weighted by Crippen LogP contribution is 2.20. The van der Waals surface area contributed by atoms with Crippen LogP contribution in [0.15, 0.2) is 24.4 Å². The quantitative estimate of drug-likeness (QED) is 0.876. The van der Waals surface area contributed by atoms with Crippen LogP contribution in [-0.4, -0.2) is 36.1 Å². The third-order valence-corrected chi connectivity index (χ3v) is 3.34. The minimum atomic E-state index is 0. The Labute approximate surface area is 104 Å². The molecule has 2 atom stereocenters. The first-order valence-corrected chi connectivity index (χ1v) is 5.62. The summed E-state index contributed by atoms with van der Waals surface area (Å²) in [5.74, 6) is 0. The van der Waals surface area contributed by atoms with Crippen molar-refractivity contribution < 1.29 is 0 Å². The molecule has 1 aromatic rings. The highest BCUT2D eigenvalue weighted by molar-refractivity contribution is 5.85. The second kappa shape index (κ2) is 6.18. The van der Waals surface area contributed by atoms with Crippen LogP contribution in [0.1, 0.15) is 25.1 Å². The monoisotopic (exact) mass is 241 g/mol. The van der Waals surface area contributed by atoms with E-state index in [1.807, 2.05) is 12.3 Å². The number of halogens is 1. The lowest BCUT2D eigenvalue weighted by molar-refractivity contribution is 0.193. The minimum absolute atomic E-state index is 0. The lowest BCUT2D eigenvalue weighted by Gasteiger charge is -2.29. The maximum absolute atomic E-state index is 4.41. The second-order valence-electron chi connectivity index (χ2n) is 4.24. The number of hydrogen-bond donors (Lipinski definition) is 1. The van der Waals surface area contributed by atoms with Gasteiger partial charge in [-0.1, -0.05) is 6.07 Å². The van der Waals surface area contributed by atoms with E-state index in [2.05, 4.69) is 41.3 Å². The largest absolute Gasteiger partial charge is 0.315 e. The first-order valence-electron chi connectivity index (χ1n) is 5.62. The van der Waals surface area contributed by atoms with Gasteiger partial charge in [-0.25, -0.2) is 0 Å². The lowest BCUT2D eigenvalue weighted by atomic mass is 10.1. The summed E-state index contributed by atoms with van der Waals surface area (Å²) in [6, 6.07) is 7.18. The highest BCUT2D eigenvalue weighted by Gasteiger charge is 2.24. The molecule has 1 aromatic heterocycles. The molecule has 16 heavy (non-hydrogen) atoms. The van der Waals surface area contributed by atoms with Crippen molar-refractivity contribution in [3.8, 4) is 0 Å². The van der Waals surface area contributed by atoms with Crippen LogP contribution in [0.4, 0.5) is 0 Å².